The van der Waals surface area contributed by atoms with E-state index in [1.807, 2.05) is 24.3 Å². The third-order valence-electron chi connectivity index (χ3n) is 2.52. The molecule has 1 aromatic rings. The second-order valence-corrected chi connectivity index (χ2v) is 4.17. The van der Waals surface area contributed by atoms with Crippen LogP contribution in [0.25, 0.3) is 0 Å². The van der Waals surface area contributed by atoms with Gasteiger partial charge in [0.15, 0.2) is 0 Å². The second kappa shape index (κ2) is 6.48. The van der Waals surface area contributed by atoms with Crippen molar-refractivity contribution >= 4 is 11.6 Å². The van der Waals surface area contributed by atoms with E-state index >= 15 is 0 Å². The zero-order valence-corrected chi connectivity index (χ0v) is 9.80. The van der Waals surface area contributed by atoms with Gasteiger partial charge in [-0.25, -0.2) is 0 Å². The van der Waals surface area contributed by atoms with Crippen molar-refractivity contribution in [2.24, 2.45) is 0 Å². The summed E-state index contributed by atoms with van der Waals surface area (Å²) in [5.74, 6) is 0.0221. The Bertz CT molecular complexity index is 323. The van der Waals surface area contributed by atoms with Crippen molar-refractivity contribution in [2.45, 2.75) is 38.5 Å². The van der Waals surface area contributed by atoms with Crippen LogP contribution in [0.15, 0.2) is 24.3 Å². The Labute approximate surface area is 96.7 Å². The van der Waals surface area contributed by atoms with Crippen LogP contribution < -0.4 is 0 Å². The Morgan fingerprint density at radius 1 is 1.27 bits per heavy atom. The summed E-state index contributed by atoms with van der Waals surface area (Å²) < 4.78 is 0. The fraction of sp³-hybridized carbons (Fsp3) is 0.462. The van der Waals surface area contributed by atoms with Crippen molar-refractivity contribution in [3.63, 3.8) is 0 Å². The summed E-state index contributed by atoms with van der Waals surface area (Å²) in [6, 6.07) is 9.94. The van der Waals surface area contributed by atoms with E-state index in [4.69, 9.17) is 16.9 Å². The molecule has 0 radical (unpaired) electrons. The van der Waals surface area contributed by atoms with E-state index in [1.54, 1.807) is 0 Å². The number of nitriles is 1. The molecule has 2 heteroatoms. The molecule has 0 amide bonds. The minimum atomic E-state index is 0.0221. The molecule has 0 fully saturated rings. The summed E-state index contributed by atoms with van der Waals surface area (Å²) in [6.07, 6.45) is 4.47. The van der Waals surface area contributed by atoms with Crippen molar-refractivity contribution in [3.8, 4) is 6.07 Å². The maximum atomic E-state index is 9.07. The van der Waals surface area contributed by atoms with E-state index in [9.17, 15) is 0 Å². The topological polar surface area (TPSA) is 23.8 Å². The Hall–Kier alpha value is -1.00. The fourth-order valence-corrected chi connectivity index (χ4v) is 1.73. The molecule has 1 atom stereocenters. The molecule has 15 heavy (non-hydrogen) atoms. The molecular weight excluding hydrogens is 206 g/mol. The van der Waals surface area contributed by atoms with Gasteiger partial charge in [-0.15, -0.1) is 0 Å². The van der Waals surface area contributed by atoms with Crippen LogP contribution in [0.4, 0.5) is 0 Å². The summed E-state index contributed by atoms with van der Waals surface area (Å²) in [7, 11) is 0. The molecule has 0 heterocycles. The van der Waals surface area contributed by atoms with Gasteiger partial charge in [-0.05, 0) is 24.1 Å². The van der Waals surface area contributed by atoms with Crippen LogP contribution in [-0.2, 0) is 0 Å². The van der Waals surface area contributed by atoms with Crippen molar-refractivity contribution < 1.29 is 0 Å². The molecule has 1 unspecified atom stereocenters. The maximum absolute atomic E-state index is 9.07. The Kier molecular flexibility index (Phi) is 5.21. The van der Waals surface area contributed by atoms with E-state index in [2.05, 4.69) is 13.0 Å². The molecule has 0 aliphatic heterocycles. The first-order valence-corrected chi connectivity index (χ1v) is 5.80. The van der Waals surface area contributed by atoms with Crippen molar-refractivity contribution in [3.05, 3.63) is 34.9 Å². The molecule has 1 rings (SSSR count). The number of hydrogen-bond donors (Lipinski definition) is 0. The predicted molar refractivity (Wildman–Crippen MR) is 63.9 cm³/mol. The smallest absolute Gasteiger partial charge is 0.0712 e. The van der Waals surface area contributed by atoms with Gasteiger partial charge in [0.25, 0.3) is 0 Å². The van der Waals surface area contributed by atoms with Crippen LogP contribution in [0.2, 0.25) is 5.02 Å². The molecule has 0 aliphatic rings. The highest BCUT2D eigenvalue weighted by Crippen LogP contribution is 2.23. The highest BCUT2D eigenvalue weighted by molar-refractivity contribution is 6.30. The summed E-state index contributed by atoms with van der Waals surface area (Å²) in [4.78, 5) is 0. The Morgan fingerprint density at radius 3 is 2.47 bits per heavy atom. The number of halogens is 1. The summed E-state index contributed by atoms with van der Waals surface area (Å²) in [5.41, 5.74) is 1.08. The maximum Gasteiger partial charge on any atom is 0.0712 e. The second-order valence-electron chi connectivity index (χ2n) is 3.73. The number of nitrogens with zero attached hydrogens (tertiary/aromatic N) is 1. The minimum Gasteiger partial charge on any atom is -0.198 e. The van der Waals surface area contributed by atoms with Crippen LogP contribution in [0, 0.1) is 11.3 Å². The lowest BCUT2D eigenvalue weighted by molar-refractivity contribution is 0.634. The monoisotopic (exact) mass is 221 g/mol. The first-order valence-electron chi connectivity index (χ1n) is 5.43. The Balaban J connectivity index is 2.59. The van der Waals surface area contributed by atoms with Gasteiger partial charge in [-0.2, -0.15) is 5.26 Å². The van der Waals surface area contributed by atoms with E-state index in [0.717, 1.165) is 23.4 Å². The lowest BCUT2D eigenvalue weighted by Gasteiger charge is -2.08. The van der Waals surface area contributed by atoms with Gasteiger partial charge >= 0.3 is 0 Å². The van der Waals surface area contributed by atoms with Gasteiger partial charge in [-0.1, -0.05) is 49.9 Å². The number of benzene rings is 1. The summed E-state index contributed by atoms with van der Waals surface area (Å²) >= 11 is 5.80. The lowest BCUT2D eigenvalue weighted by Crippen LogP contribution is -1.95. The van der Waals surface area contributed by atoms with Crippen molar-refractivity contribution in [2.75, 3.05) is 0 Å². The molecule has 80 valence electrons. The van der Waals surface area contributed by atoms with E-state index in [-0.39, 0.29) is 5.92 Å². The molecule has 1 aromatic carbocycles. The third-order valence-corrected chi connectivity index (χ3v) is 2.78. The first-order chi connectivity index (χ1) is 7.27. The minimum absolute atomic E-state index is 0.0221. The van der Waals surface area contributed by atoms with Crippen LogP contribution in [0.5, 0.6) is 0 Å². The van der Waals surface area contributed by atoms with E-state index < -0.39 is 0 Å². The van der Waals surface area contributed by atoms with Gasteiger partial charge < -0.3 is 0 Å². The largest absolute Gasteiger partial charge is 0.198 e. The lowest BCUT2D eigenvalue weighted by atomic mass is 9.95. The molecule has 0 bridgehead atoms. The fourth-order valence-electron chi connectivity index (χ4n) is 1.60. The number of unbranched alkanes of at least 4 members (excludes halogenated alkanes) is 2. The van der Waals surface area contributed by atoms with Crippen LogP contribution in [0.1, 0.15) is 44.1 Å². The molecule has 0 spiro atoms. The van der Waals surface area contributed by atoms with Crippen molar-refractivity contribution in [1.82, 2.24) is 0 Å². The van der Waals surface area contributed by atoms with Gasteiger partial charge in [0.1, 0.15) is 0 Å². The average molecular weight is 222 g/mol. The van der Waals surface area contributed by atoms with Crippen molar-refractivity contribution in [1.29, 1.82) is 5.26 Å². The molecule has 0 saturated heterocycles. The third kappa shape index (κ3) is 3.93. The molecule has 0 aliphatic carbocycles. The molecule has 0 N–H and O–H groups in total. The standard InChI is InChI=1S/C13H16ClN/c1-2-3-4-5-12(10-15)11-6-8-13(14)9-7-11/h6-9,12H,2-5H2,1H3. The molecule has 0 saturated carbocycles. The van der Waals surface area contributed by atoms with Gasteiger partial charge in [0, 0.05) is 5.02 Å². The van der Waals surface area contributed by atoms with Crippen LogP contribution >= 0.6 is 11.6 Å². The van der Waals surface area contributed by atoms with Gasteiger partial charge in [-0.3, -0.25) is 0 Å². The highest BCUT2D eigenvalue weighted by atomic mass is 35.5. The zero-order valence-electron chi connectivity index (χ0n) is 9.04. The number of rotatable bonds is 5. The Morgan fingerprint density at radius 2 is 1.93 bits per heavy atom. The normalized spacial score (nSPS) is 12.1. The van der Waals surface area contributed by atoms with E-state index in [1.165, 1.54) is 12.8 Å². The van der Waals surface area contributed by atoms with Crippen LogP contribution in [0.3, 0.4) is 0 Å². The van der Waals surface area contributed by atoms with Crippen LogP contribution in [-0.4, -0.2) is 0 Å². The summed E-state index contributed by atoms with van der Waals surface area (Å²) in [5, 5.41) is 9.79. The SMILES string of the molecule is CCCCCC(C#N)c1ccc(Cl)cc1. The molecule has 0 aromatic heterocycles. The predicted octanol–water partition coefficient (Wildman–Crippen LogP) is 4.53. The zero-order chi connectivity index (χ0) is 11.1. The first kappa shape index (κ1) is 12.1. The average Bonchev–Trinajstić information content (AvgIpc) is 2.26. The van der Waals surface area contributed by atoms with Gasteiger partial charge in [0.2, 0.25) is 0 Å². The number of hydrogen-bond acceptors (Lipinski definition) is 1. The quantitative estimate of drug-likeness (QED) is 0.671. The highest BCUT2D eigenvalue weighted by Gasteiger charge is 2.09. The van der Waals surface area contributed by atoms with E-state index in [0.29, 0.717) is 0 Å². The summed E-state index contributed by atoms with van der Waals surface area (Å²) in [6.45, 7) is 2.17. The van der Waals surface area contributed by atoms with Gasteiger partial charge in [0.05, 0.1) is 12.0 Å². The molecular formula is C13H16ClN. The molecule has 1 nitrogen and oxygen atoms in total.